The molecular weight excluding hydrogens is 374 g/mol. The maximum Gasteiger partial charge on any atom is 0.254 e. The molecule has 28 heavy (non-hydrogen) atoms. The van der Waals surface area contributed by atoms with Crippen molar-refractivity contribution >= 4 is 21.6 Å². The van der Waals surface area contributed by atoms with Crippen molar-refractivity contribution in [1.29, 1.82) is 0 Å². The smallest absolute Gasteiger partial charge is 0.254 e. The molecule has 1 aromatic rings. The van der Waals surface area contributed by atoms with Gasteiger partial charge in [0.2, 0.25) is 10.0 Å². The van der Waals surface area contributed by atoms with E-state index in [0.29, 0.717) is 12.1 Å². The van der Waals surface area contributed by atoms with Gasteiger partial charge in [-0.3, -0.25) is 4.79 Å². The lowest BCUT2D eigenvalue weighted by molar-refractivity contribution is 0.0643. The van der Waals surface area contributed by atoms with Crippen molar-refractivity contribution in [3.05, 3.63) is 29.8 Å². The fraction of sp³-hybridized carbons (Fsp3) is 0.667. The van der Waals surface area contributed by atoms with Crippen molar-refractivity contribution in [2.75, 3.05) is 18.4 Å². The Labute approximate surface area is 171 Å². The predicted octanol–water partition coefficient (Wildman–Crippen LogP) is 3.86. The van der Waals surface area contributed by atoms with Crippen LogP contribution in [0.5, 0.6) is 0 Å². The van der Waals surface area contributed by atoms with E-state index in [4.69, 9.17) is 0 Å². The third kappa shape index (κ3) is 7.80. The summed E-state index contributed by atoms with van der Waals surface area (Å²) in [7, 11) is -3.16. The first kappa shape index (κ1) is 24.4. The van der Waals surface area contributed by atoms with Gasteiger partial charge in [0.05, 0.1) is 5.25 Å². The van der Waals surface area contributed by atoms with E-state index in [1.807, 2.05) is 56.9 Å². The summed E-state index contributed by atoms with van der Waals surface area (Å²) >= 11 is 0. The highest BCUT2D eigenvalue weighted by atomic mass is 32.2. The first-order chi connectivity index (χ1) is 13.1. The number of nitrogens with zero attached hydrogens (tertiary/aromatic N) is 1. The van der Waals surface area contributed by atoms with Gasteiger partial charge >= 0.3 is 0 Å². The van der Waals surface area contributed by atoms with Crippen LogP contribution in [0.3, 0.4) is 0 Å². The lowest BCUT2D eigenvalue weighted by Gasteiger charge is -2.30. The second kappa shape index (κ2) is 11.4. The van der Waals surface area contributed by atoms with Crippen LogP contribution < -0.4 is 10.0 Å². The lowest BCUT2D eigenvalue weighted by atomic mass is 10.1. The number of hydrogen-bond acceptors (Lipinski definition) is 4. The van der Waals surface area contributed by atoms with E-state index < -0.39 is 15.3 Å². The van der Waals surface area contributed by atoms with E-state index >= 15 is 0 Å². The minimum Gasteiger partial charge on any atom is -0.385 e. The highest BCUT2D eigenvalue weighted by Gasteiger charge is 2.21. The van der Waals surface area contributed by atoms with Crippen LogP contribution in [0.4, 0.5) is 5.69 Å². The number of rotatable bonds is 12. The molecule has 0 saturated heterocycles. The maximum atomic E-state index is 12.7. The third-order valence-electron chi connectivity index (χ3n) is 4.59. The van der Waals surface area contributed by atoms with Gasteiger partial charge in [0.15, 0.2) is 0 Å². The molecule has 1 aromatic carbocycles. The van der Waals surface area contributed by atoms with Gasteiger partial charge in [0.25, 0.3) is 5.91 Å². The first-order valence-corrected chi connectivity index (χ1v) is 11.8. The van der Waals surface area contributed by atoms with Crippen molar-refractivity contribution in [3.63, 3.8) is 0 Å². The Bertz CT molecular complexity index is 690. The number of anilines is 1. The normalized spacial score (nSPS) is 12.0. The van der Waals surface area contributed by atoms with Crippen molar-refractivity contribution < 1.29 is 13.2 Å². The summed E-state index contributed by atoms with van der Waals surface area (Å²) in [5, 5.41) is 2.96. The molecule has 0 aliphatic heterocycles. The Morgan fingerprint density at radius 2 is 1.43 bits per heavy atom. The highest BCUT2D eigenvalue weighted by Crippen LogP contribution is 2.15. The molecule has 1 amide bonds. The molecule has 0 spiro atoms. The number of nitrogens with one attached hydrogen (secondary N) is 2. The number of carbonyl (C=O) groups is 1. The molecule has 0 bridgehead atoms. The Balaban J connectivity index is 2.37. The number of carbonyl (C=O) groups excluding carboxylic acids is 1. The second-order valence-electron chi connectivity index (χ2n) is 7.95. The van der Waals surface area contributed by atoms with Crippen LogP contribution in [0.25, 0.3) is 0 Å². The summed E-state index contributed by atoms with van der Waals surface area (Å²) in [6.07, 6.45) is 2.72. The minimum absolute atomic E-state index is 0.0559. The summed E-state index contributed by atoms with van der Waals surface area (Å²) in [5.74, 6) is 0.0559. The molecule has 0 saturated carbocycles. The molecule has 0 fully saturated rings. The van der Waals surface area contributed by atoms with E-state index in [1.54, 1.807) is 13.8 Å². The Morgan fingerprint density at radius 3 is 1.93 bits per heavy atom. The van der Waals surface area contributed by atoms with Gasteiger partial charge in [-0.25, -0.2) is 13.1 Å². The van der Waals surface area contributed by atoms with Gasteiger partial charge in [0, 0.05) is 36.4 Å². The zero-order valence-electron chi connectivity index (χ0n) is 18.2. The zero-order chi connectivity index (χ0) is 21.3. The fourth-order valence-corrected chi connectivity index (χ4v) is 3.75. The molecule has 6 nitrogen and oxygen atoms in total. The summed E-state index contributed by atoms with van der Waals surface area (Å²) in [5.41, 5.74) is 1.68. The van der Waals surface area contributed by atoms with E-state index in [2.05, 4.69) is 10.0 Å². The average molecular weight is 412 g/mol. The molecule has 0 radical (unpaired) electrons. The Kier molecular flexibility index (Phi) is 9.96. The molecule has 0 heterocycles. The Morgan fingerprint density at radius 1 is 0.893 bits per heavy atom. The summed E-state index contributed by atoms with van der Waals surface area (Å²) in [4.78, 5) is 14.6. The third-order valence-corrected chi connectivity index (χ3v) is 6.43. The van der Waals surface area contributed by atoms with Gasteiger partial charge in [-0.15, -0.1) is 0 Å². The number of unbranched alkanes of at least 4 members (excludes halogenated alkanes) is 2. The van der Waals surface area contributed by atoms with Gasteiger partial charge < -0.3 is 10.2 Å². The van der Waals surface area contributed by atoms with Crippen molar-refractivity contribution in [2.45, 2.75) is 78.1 Å². The van der Waals surface area contributed by atoms with E-state index in [9.17, 15) is 13.2 Å². The van der Waals surface area contributed by atoms with Crippen molar-refractivity contribution in [2.24, 2.45) is 0 Å². The van der Waals surface area contributed by atoms with Crippen LogP contribution in [0.2, 0.25) is 0 Å². The lowest BCUT2D eigenvalue weighted by Crippen LogP contribution is -2.42. The van der Waals surface area contributed by atoms with Gasteiger partial charge in [0.1, 0.15) is 0 Å². The summed E-state index contributed by atoms with van der Waals surface area (Å²) < 4.78 is 25.9. The minimum atomic E-state index is -3.16. The molecule has 1 rings (SSSR count). The quantitative estimate of drug-likeness (QED) is 0.512. The van der Waals surface area contributed by atoms with Crippen LogP contribution in [0, 0.1) is 0 Å². The number of hydrogen-bond donors (Lipinski definition) is 2. The maximum absolute atomic E-state index is 12.7. The van der Waals surface area contributed by atoms with Crippen LogP contribution in [0.15, 0.2) is 24.3 Å². The second-order valence-corrected chi connectivity index (χ2v) is 10.3. The molecule has 0 aromatic heterocycles. The van der Waals surface area contributed by atoms with E-state index in [-0.39, 0.29) is 18.0 Å². The van der Waals surface area contributed by atoms with Crippen LogP contribution in [-0.4, -0.2) is 49.6 Å². The zero-order valence-corrected chi connectivity index (χ0v) is 19.0. The molecule has 7 heteroatoms. The largest absolute Gasteiger partial charge is 0.385 e. The van der Waals surface area contributed by atoms with E-state index in [1.165, 1.54) is 0 Å². The topological polar surface area (TPSA) is 78.5 Å². The predicted molar refractivity (Wildman–Crippen MR) is 117 cm³/mol. The highest BCUT2D eigenvalue weighted by molar-refractivity contribution is 7.90. The molecule has 0 aliphatic rings. The van der Waals surface area contributed by atoms with E-state index in [0.717, 1.165) is 31.5 Å². The summed E-state index contributed by atoms with van der Waals surface area (Å²) in [6, 6.07) is 7.92. The van der Waals surface area contributed by atoms with Crippen molar-refractivity contribution in [3.8, 4) is 0 Å². The molecule has 0 unspecified atom stereocenters. The first-order valence-electron chi connectivity index (χ1n) is 10.2. The van der Waals surface area contributed by atoms with Crippen LogP contribution in [-0.2, 0) is 10.0 Å². The van der Waals surface area contributed by atoms with Gasteiger partial charge in [-0.05, 0) is 78.6 Å². The van der Waals surface area contributed by atoms with Gasteiger partial charge in [-0.1, -0.05) is 6.42 Å². The molecule has 0 aliphatic carbocycles. The molecule has 2 N–H and O–H groups in total. The SMILES string of the molecule is CC(C)N(C(=O)c1ccc(NCCCCCNS(=O)(=O)C(C)C)cc1)C(C)C. The number of sulfonamides is 1. The molecular formula is C21H37N3O3S. The van der Waals surface area contributed by atoms with Crippen LogP contribution in [0.1, 0.15) is 71.2 Å². The molecule has 160 valence electrons. The number of benzene rings is 1. The average Bonchev–Trinajstić information content (AvgIpc) is 2.60. The Hall–Kier alpha value is -1.60. The number of amides is 1. The summed E-state index contributed by atoms with van der Waals surface area (Å²) in [6.45, 7) is 12.8. The standard InChI is InChI=1S/C21H37N3O3S/c1-16(2)24(17(3)4)21(25)19-10-12-20(13-11-19)22-14-8-7-9-15-23-28(26,27)18(5)6/h10-13,16-18,22-23H,7-9,14-15H2,1-6H3. The van der Waals surface area contributed by atoms with Crippen LogP contribution >= 0.6 is 0 Å². The monoisotopic (exact) mass is 411 g/mol. The van der Waals surface area contributed by atoms with Gasteiger partial charge in [-0.2, -0.15) is 0 Å². The fourth-order valence-electron chi connectivity index (χ4n) is 2.99. The van der Waals surface area contributed by atoms with Crippen molar-refractivity contribution in [1.82, 2.24) is 9.62 Å². The molecule has 0 atom stereocenters.